The molecule has 0 bridgehead atoms. The zero-order valence-corrected chi connectivity index (χ0v) is 15.6. The third-order valence-corrected chi connectivity index (χ3v) is 4.74. The van der Waals surface area contributed by atoms with E-state index in [1.807, 2.05) is 0 Å². The molecule has 3 aromatic carbocycles. The molecule has 0 unspecified atom stereocenters. The van der Waals surface area contributed by atoms with E-state index in [1.54, 1.807) is 54.6 Å². The summed E-state index contributed by atoms with van der Waals surface area (Å²) in [6.45, 7) is 0. The average molecular weight is 400 g/mol. The number of primary amides is 1. The minimum absolute atomic E-state index is 0.151. The van der Waals surface area contributed by atoms with Crippen LogP contribution in [0, 0.1) is 0 Å². The highest BCUT2D eigenvalue weighted by atomic mass is 16.5. The molecule has 3 aromatic rings. The second-order valence-corrected chi connectivity index (χ2v) is 6.64. The van der Waals surface area contributed by atoms with Crippen LogP contribution in [-0.4, -0.2) is 23.7 Å². The Labute approximate surface area is 171 Å². The van der Waals surface area contributed by atoms with Crippen molar-refractivity contribution in [1.29, 1.82) is 0 Å². The first kappa shape index (κ1) is 19.1. The summed E-state index contributed by atoms with van der Waals surface area (Å²) in [6.07, 6.45) is -1.23. The number of fused-ring (bicyclic) bond motifs is 1. The minimum atomic E-state index is -1.23. The lowest BCUT2D eigenvalue weighted by atomic mass is 10.1. The Morgan fingerprint density at radius 1 is 0.767 bits per heavy atom. The van der Waals surface area contributed by atoms with Gasteiger partial charge in [-0.3, -0.25) is 14.4 Å². The quantitative estimate of drug-likeness (QED) is 0.523. The molecule has 0 aliphatic carbocycles. The molecular weight excluding hydrogens is 384 g/mol. The van der Waals surface area contributed by atoms with Crippen molar-refractivity contribution >= 4 is 29.4 Å². The van der Waals surface area contributed by atoms with Gasteiger partial charge in [-0.15, -0.1) is 0 Å². The number of amides is 3. The van der Waals surface area contributed by atoms with E-state index in [2.05, 4.69) is 0 Å². The maximum absolute atomic E-state index is 12.6. The van der Waals surface area contributed by atoms with Crippen LogP contribution in [0.4, 0.5) is 5.69 Å². The van der Waals surface area contributed by atoms with E-state index in [1.165, 1.54) is 24.3 Å². The summed E-state index contributed by atoms with van der Waals surface area (Å²) in [6, 6.07) is 20.8. The van der Waals surface area contributed by atoms with Gasteiger partial charge >= 0.3 is 5.97 Å². The third kappa shape index (κ3) is 3.33. The molecule has 30 heavy (non-hydrogen) atoms. The van der Waals surface area contributed by atoms with Gasteiger partial charge in [0.25, 0.3) is 17.7 Å². The number of esters is 1. The Morgan fingerprint density at radius 3 is 1.83 bits per heavy atom. The second-order valence-electron chi connectivity index (χ2n) is 6.64. The second kappa shape index (κ2) is 7.63. The zero-order chi connectivity index (χ0) is 21.3. The van der Waals surface area contributed by atoms with Gasteiger partial charge in [0, 0.05) is 5.56 Å². The first-order chi connectivity index (χ1) is 14.5. The fourth-order valence-electron chi connectivity index (χ4n) is 3.26. The molecule has 1 atom stereocenters. The molecule has 7 heteroatoms. The van der Waals surface area contributed by atoms with Crippen molar-refractivity contribution in [2.45, 2.75) is 6.10 Å². The van der Waals surface area contributed by atoms with Gasteiger partial charge in [0.2, 0.25) is 6.10 Å². The van der Waals surface area contributed by atoms with E-state index in [9.17, 15) is 19.2 Å². The fraction of sp³-hybridized carbons (Fsp3) is 0.0435. The molecular formula is C23H16N2O5. The number of anilines is 1. The van der Waals surface area contributed by atoms with Gasteiger partial charge in [0.05, 0.1) is 22.4 Å². The fourth-order valence-corrected chi connectivity index (χ4v) is 3.26. The molecule has 0 fully saturated rings. The molecule has 1 aliphatic rings. The van der Waals surface area contributed by atoms with Crippen molar-refractivity contribution in [3.05, 3.63) is 101 Å². The summed E-state index contributed by atoms with van der Waals surface area (Å²) in [5.41, 5.74) is 6.98. The molecule has 0 saturated carbocycles. The smallest absolute Gasteiger partial charge is 0.339 e. The highest BCUT2D eigenvalue weighted by molar-refractivity contribution is 6.34. The normalized spacial score (nSPS) is 13.7. The molecule has 148 valence electrons. The highest BCUT2D eigenvalue weighted by Crippen LogP contribution is 2.28. The Kier molecular flexibility index (Phi) is 4.85. The molecule has 4 rings (SSSR count). The predicted octanol–water partition coefficient (Wildman–Crippen LogP) is 2.87. The lowest BCUT2D eigenvalue weighted by Crippen LogP contribution is -2.29. The molecule has 0 aromatic heterocycles. The Bertz CT molecular complexity index is 1120. The molecule has 0 radical (unpaired) electrons. The highest BCUT2D eigenvalue weighted by Gasteiger charge is 2.36. The maximum Gasteiger partial charge on any atom is 0.339 e. The summed E-state index contributed by atoms with van der Waals surface area (Å²) in [7, 11) is 0. The molecule has 0 saturated heterocycles. The zero-order valence-electron chi connectivity index (χ0n) is 15.6. The number of carbonyl (C=O) groups is 4. The van der Waals surface area contributed by atoms with E-state index in [4.69, 9.17) is 10.5 Å². The molecule has 0 spiro atoms. The summed E-state index contributed by atoms with van der Waals surface area (Å²) < 4.78 is 5.28. The lowest BCUT2D eigenvalue weighted by molar-refractivity contribution is -0.127. The predicted molar refractivity (Wildman–Crippen MR) is 108 cm³/mol. The van der Waals surface area contributed by atoms with Gasteiger partial charge in [0.1, 0.15) is 0 Å². The summed E-state index contributed by atoms with van der Waals surface area (Å²) in [5.74, 6) is -2.40. The van der Waals surface area contributed by atoms with Gasteiger partial charge in [0.15, 0.2) is 0 Å². The molecule has 3 amide bonds. The van der Waals surface area contributed by atoms with Crippen LogP contribution in [0.2, 0.25) is 0 Å². The van der Waals surface area contributed by atoms with Gasteiger partial charge in [-0.1, -0.05) is 42.5 Å². The van der Waals surface area contributed by atoms with Crippen LogP contribution in [0.5, 0.6) is 0 Å². The Morgan fingerprint density at radius 2 is 1.30 bits per heavy atom. The van der Waals surface area contributed by atoms with Gasteiger partial charge in [-0.2, -0.15) is 0 Å². The van der Waals surface area contributed by atoms with E-state index >= 15 is 0 Å². The van der Waals surface area contributed by atoms with Gasteiger partial charge < -0.3 is 10.5 Å². The van der Waals surface area contributed by atoms with E-state index < -0.39 is 29.8 Å². The van der Waals surface area contributed by atoms with E-state index in [0.29, 0.717) is 22.4 Å². The van der Waals surface area contributed by atoms with Gasteiger partial charge in [-0.05, 0) is 36.4 Å². The average Bonchev–Trinajstić information content (AvgIpc) is 3.03. The third-order valence-electron chi connectivity index (χ3n) is 4.74. The van der Waals surface area contributed by atoms with Crippen LogP contribution >= 0.6 is 0 Å². The number of rotatable bonds is 5. The number of carbonyl (C=O) groups excluding carboxylic acids is 4. The summed E-state index contributed by atoms with van der Waals surface area (Å²) in [5, 5.41) is 0. The number of benzene rings is 3. The van der Waals surface area contributed by atoms with Crippen molar-refractivity contribution in [2.24, 2.45) is 5.73 Å². The number of ether oxygens (including phenoxy) is 1. The first-order valence-electron chi connectivity index (χ1n) is 9.10. The SMILES string of the molecule is NC(=O)[C@@H](OC(=O)c1ccc(N2C(=O)c3ccccc3C2=O)cc1)c1ccccc1. The van der Waals surface area contributed by atoms with Crippen LogP contribution in [0.25, 0.3) is 0 Å². The first-order valence-corrected chi connectivity index (χ1v) is 9.10. The van der Waals surface area contributed by atoms with Crippen molar-refractivity contribution in [3.8, 4) is 0 Å². The lowest BCUT2D eigenvalue weighted by Gasteiger charge is -2.16. The molecule has 1 aliphatic heterocycles. The van der Waals surface area contributed by atoms with Crippen molar-refractivity contribution in [3.63, 3.8) is 0 Å². The number of nitrogens with zero attached hydrogens (tertiary/aromatic N) is 1. The van der Waals surface area contributed by atoms with E-state index in [0.717, 1.165) is 4.90 Å². The number of hydrogen-bond donors (Lipinski definition) is 1. The van der Waals surface area contributed by atoms with Crippen molar-refractivity contribution < 1.29 is 23.9 Å². The van der Waals surface area contributed by atoms with Crippen molar-refractivity contribution in [1.82, 2.24) is 0 Å². The largest absolute Gasteiger partial charge is 0.444 e. The van der Waals surface area contributed by atoms with Crippen LogP contribution in [0.15, 0.2) is 78.9 Å². The minimum Gasteiger partial charge on any atom is -0.444 e. The maximum atomic E-state index is 12.6. The molecule has 2 N–H and O–H groups in total. The topological polar surface area (TPSA) is 107 Å². The van der Waals surface area contributed by atoms with Gasteiger partial charge in [-0.25, -0.2) is 9.69 Å². The Hall–Kier alpha value is -4.26. The number of imide groups is 1. The molecule has 1 heterocycles. The van der Waals surface area contributed by atoms with Crippen LogP contribution in [-0.2, 0) is 9.53 Å². The van der Waals surface area contributed by atoms with Crippen molar-refractivity contribution in [2.75, 3.05) is 4.90 Å². The van der Waals surface area contributed by atoms with Crippen LogP contribution in [0.1, 0.15) is 42.7 Å². The monoisotopic (exact) mass is 400 g/mol. The number of hydrogen-bond acceptors (Lipinski definition) is 5. The Balaban J connectivity index is 1.54. The van der Waals surface area contributed by atoms with E-state index in [-0.39, 0.29) is 5.56 Å². The van der Waals surface area contributed by atoms with Crippen LogP contribution in [0.3, 0.4) is 0 Å². The molecule has 7 nitrogen and oxygen atoms in total. The van der Waals surface area contributed by atoms with Crippen LogP contribution < -0.4 is 10.6 Å². The standard InChI is InChI=1S/C23H16N2O5/c24-20(26)19(14-6-2-1-3-7-14)30-23(29)15-10-12-16(13-11-15)25-21(27)17-8-4-5-9-18(17)22(25)28/h1-13,19H,(H2,24,26)/t19-/m0/s1. The summed E-state index contributed by atoms with van der Waals surface area (Å²) in [4.78, 5) is 50.4. The summed E-state index contributed by atoms with van der Waals surface area (Å²) >= 11 is 0. The number of nitrogens with two attached hydrogens (primary N) is 1.